The molecule has 2 aromatic rings. The minimum Gasteiger partial charge on any atom is -0.482 e. The van der Waals surface area contributed by atoms with Gasteiger partial charge >= 0.3 is 0 Å². The second kappa shape index (κ2) is 6.83. The molecule has 2 rings (SSSR count). The third-order valence-electron chi connectivity index (χ3n) is 2.98. The van der Waals surface area contributed by atoms with Crippen LogP contribution in [0, 0.1) is 13.8 Å². The molecule has 1 N–H and O–H groups in total. The summed E-state index contributed by atoms with van der Waals surface area (Å²) in [5.74, 6) is 0.210. The lowest BCUT2D eigenvalue weighted by atomic mass is 10.1. The number of hydrogen-bond acceptors (Lipinski definition) is 2. The van der Waals surface area contributed by atoms with Crippen molar-refractivity contribution in [2.24, 2.45) is 0 Å². The largest absolute Gasteiger partial charge is 0.482 e. The maximum absolute atomic E-state index is 11.8. The average Bonchev–Trinajstić information content (AvgIpc) is 2.48. The van der Waals surface area contributed by atoms with Crippen molar-refractivity contribution < 1.29 is 9.53 Å². The molecule has 5 heteroatoms. The van der Waals surface area contributed by atoms with Crippen LogP contribution in [0.1, 0.15) is 11.1 Å². The quantitative estimate of drug-likeness (QED) is 0.890. The number of nitrogens with one attached hydrogen (secondary N) is 1. The van der Waals surface area contributed by atoms with Crippen molar-refractivity contribution in [3.05, 3.63) is 57.6 Å². The fourth-order valence-electron chi connectivity index (χ4n) is 1.87. The highest BCUT2D eigenvalue weighted by Gasteiger charge is 2.12. The zero-order valence-corrected chi connectivity index (χ0v) is 13.3. The Morgan fingerprint density at radius 2 is 1.81 bits per heavy atom. The van der Waals surface area contributed by atoms with Crippen LogP contribution >= 0.6 is 23.2 Å². The summed E-state index contributed by atoms with van der Waals surface area (Å²) in [5.41, 5.74) is 2.33. The Bertz CT molecular complexity index is 657. The summed E-state index contributed by atoms with van der Waals surface area (Å²) < 4.78 is 5.48. The van der Waals surface area contributed by atoms with Gasteiger partial charge in [-0.15, -0.1) is 0 Å². The number of aryl methyl sites for hydroxylation is 1. The van der Waals surface area contributed by atoms with Gasteiger partial charge in [0, 0.05) is 10.7 Å². The SMILES string of the molecule is Cc1cc(OCC(=O)Nc2ccccc2)c(Cl)c(C)c1Cl. The smallest absolute Gasteiger partial charge is 0.262 e. The molecule has 0 aliphatic heterocycles. The molecular formula is C16H15Cl2NO2. The Labute approximate surface area is 133 Å². The Hall–Kier alpha value is -1.71. The van der Waals surface area contributed by atoms with Crippen molar-refractivity contribution in [3.8, 4) is 5.75 Å². The van der Waals surface area contributed by atoms with Gasteiger partial charge in [0.1, 0.15) is 5.75 Å². The number of rotatable bonds is 4. The molecule has 0 saturated carbocycles. The van der Waals surface area contributed by atoms with E-state index >= 15 is 0 Å². The van der Waals surface area contributed by atoms with Crippen LogP contribution in [0.25, 0.3) is 0 Å². The first kappa shape index (κ1) is 15.7. The monoisotopic (exact) mass is 323 g/mol. The Morgan fingerprint density at radius 1 is 1.14 bits per heavy atom. The molecule has 0 bridgehead atoms. The van der Waals surface area contributed by atoms with Gasteiger partial charge in [-0.05, 0) is 43.2 Å². The van der Waals surface area contributed by atoms with Gasteiger partial charge in [0.15, 0.2) is 6.61 Å². The third kappa shape index (κ3) is 3.90. The average molecular weight is 324 g/mol. The van der Waals surface area contributed by atoms with E-state index in [0.717, 1.165) is 16.8 Å². The van der Waals surface area contributed by atoms with Crippen molar-refractivity contribution in [2.75, 3.05) is 11.9 Å². The summed E-state index contributed by atoms with van der Waals surface area (Å²) >= 11 is 12.3. The lowest BCUT2D eigenvalue weighted by Crippen LogP contribution is -2.20. The fraction of sp³-hybridized carbons (Fsp3) is 0.188. The van der Waals surface area contributed by atoms with Crippen molar-refractivity contribution in [1.82, 2.24) is 0 Å². The zero-order valence-electron chi connectivity index (χ0n) is 11.7. The highest BCUT2D eigenvalue weighted by molar-refractivity contribution is 6.37. The van der Waals surface area contributed by atoms with Gasteiger partial charge in [-0.1, -0.05) is 41.4 Å². The van der Waals surface area contributed by atoms with Gasteiger partial charge in [0.05, 0.1) is 5.02 Å². The molecular weight excluding hydrogens is 309 g/mol. The number of ether oxygens (including phenoxy) is 1. The zero-order chi connectivity index (χ0) is 15.4. The second-order valence-corrected chi connectivity index (χ2v) is 5.40. The van der Waals surface area contributed by atoms with Crippen molar-refractivity contribution >= 4 is 34.8 Å². The van der Waals surface area contributed by atoms with Crippen LogP contribution in [0.4, 0.5) is 5.69 Å². The Kier molecular flexibility index (Phi) is 5.10. The molecule has 110 valence electrons. The second-order valence-electron chi connectivity index (χ2n) is 4.65. The van der Waals surface area contributed by atoms with Crippen LogP contribution in [0.2, 0.25) is 10.0 Å². The highest BCUT2D eigenvalue weighted by Crippen LogP contribution is 2.35. The molecule has 0 saturated heterocycles. The molecule has 0 spiro atoms. The Balaban J connectivity index is 2.02. The molecule has 0 heterocycles. The normalized spacial score (nSPS) is 10.3. The molecule has 0 fully saturated rings. The predicted molar refractivity (Wildman–Crippen MR) is 86.5 cm³/mol. The number of amides is 1. The topological polar surface area (TPSA) is 38.3 Å². The van der Waals surface area contributed by atoms with E-state index in [9.17, 15) is 4.79 Å². The van der Waals surface area contributed by atoms with E-state index in [-0.39, 0.29) is 12.5 Å². The molecule has 0 radical (unpaired) electrons. The highest BCUT2D eigenvalue weighted by atomic mass is 35.5. The summed E-state index contributed by atoms with van der Waals surface area (Å²) in [6.45, 7) is 3.56. The molecule has 2 aromatic carbocycles. The predicted octanol–water partition coefficient (Wildman–Crippen LogP) is 4.63. The summed E-state index contributed by atoms with van der Waals surface area (Å²) in [7, 11) is 0. The van der Waals surface area contributed by atoms with E-state index in [1.807, 2.05) is 44.2 Å². The maximum Gasteiger partial charge on any atom is 0.262 e. The summed E-state index contributed by atoms with van der Waals surface area (Å²) in [5, 5.41) is 3.78. The fourth-order valence-corrected chi connectivity index (χ4v) is 2.27. The van der Waals surface area contributed by atoms with Crippen molar-refractivity contribution in [3.63, 3.8) is 0 Å². The number of halogens is 2. The van der Waals surface area contributed by atoms with Crippen molar-refractivity contribution in [1.29, 1.82) is 0 Å². The molecule has 1 amide bonds. The first-order valence-electron chi connectivity index (χ1n) is 6.42. The van der Waals surface area contributed by atoms with E-state index < -0.39 is 0 Å². The van der Waals surface area contributed by atoms with Gasteiger partial charge in [-0.3, -0.25) is 4.79 Å². The lowest BCUT2D eigenvalue weighted by molar-refractivity contribution is -0.118. The van der Waals surface area contributed by atoms with E-state index in [1.165, 1.54) is 0 Å². The van der Waals surface area contributed by atoms with E-state index in [0.29, 0.717) is 15.8 Å². The third-order valence-corrected chi connectivity index (χ3v) is 4.04. The standard InChI is InChI=1S/C16H15Cl2NO2/c1-10-8-13(16(18)11(2)15(10)17)21-9-14(20)19-12-6-4-3-5-7-12/h3-8H,9H2,1-2H3,(H,19,20). The van der Waals surface area contributed by atoms with E-state index in [1.54, 1.807) is 6.07 Å². The Morgan fingerprint density at radius 3 is 2.48 bits per heavy atom. The van der Waals surface area contributed by atoms with Gasteiger partial charge in [-0.25, -0.2) is 0 Å². The minimum absolute atomic E-state index is 0.116. The van der Waals surface area contributed by atoms with Gasteiger partial charge < -0.3 is 10.1 Å². The number of carbonyl (C=O) groups excluding carboxylic acids is 1. The van der Waals surface area contributed by atoms with Crippen LogP contribution in [-0.2, 0) is 4.79 Å². The van der Waals surface area contributed by atoms with Crippen LogP contribution in [-0.4, -0.2) is 12.5 Å². The number of hydrogen-bond donors (Lipinski definition) is 1. The molecule has 3 nitrogen and oxygen atoms in total. The van der Waals surface area contributed by atoms with Crippen LogP contribution in [0.15, 0.2) is 36.4 Å². The lowest BCUT2D eigenvalue weighted by Gasteiger charge is -2.13. The van der Waals surface area contributed by atoms with Gasteiger partial charge in [-0.2, -0.15) is 0 Å². The van der Waals surface area contributed by atoms with Crippen LogP contribution in [0.3, 0.4) is 0 Å². The molecule has 0 unspecified atom stereocenters. The molecule has 0 aliphatic carbocycles. The maximum atomic E-state index is 11.8. The molecule has 0 aromatic heterocycles. The first-order chi connectivity index (χ1) is 9.99. The van der Waals surface area contributed by atoms with E-state index in [4.69, 9.17) is 27.9 Å². The number of para-hydroxylation sites is 1. The number of anilines is 1. The van der Waals surface area contributed by atoms with Crippen LogP contribution < -0.4 is 10.1 Å². The van der Waals surface area contributed by atoms with Gasteiger partial charge in [0.2, 0.25) is 0 Å². The molecule has 0 aliphatic rings. The first-order valence-corrected chi connectivity index (χ1v) is 7.17. The number of carbonyl (C=O) groups is 1. The van der Waals surface area contributed by atoms with E-state index in [2.05, 4.69) is 5.32 Å². The molecule has 0 atom stereocenters. The van der Waals surface area contributed by atoms with Gasteiger partial charge in [0.25, 0.3) is 5.91 Å². The minimum atomic E-state index is -0.248. The summed E-state index contributed by atoms with van der Waals surface area (Å²) in [6, 6.07) is 10.9. The summed E-state index contributed by atoms with van der Waals surface area (Å²) in [6.07, 6.45) is 0. The van der Waals surface area contributed by atoms with Crippen molar-refractivity contribution in [2.45, 2.75) is 13.8 Å². The summed E-state index contributed by atoms with van der Waals surface area (Å²) in [4.78, 5) is 11.8. The van der Waals surface area contributed by atoms with Crippen LogP contribution in [0.5, 0.6) is 5.75 Å². The molecule has 21 heavy (non-hydrogen) atoms. The number of benzene rings is 2.